The Morgan fingerprint density at radius 2 is 1.66 bits per heavy atom. The lowest BCUT2D eigenvalue weighted by Crippen LogP contribution is -2.56. The molecular formula is C25H45FN2O5Si2. The molecule has 200 valence electrons. The molecule has 1 aliphatic heterocycles. The Kier molecular flexibility index (Phi) is 8.41. The molecule has 7 nitrogen and oxygen atoms in total. The summed E-state index contributed by atoms with van der Waals surface area (Å²) in [5.41, 5.74) is -2.28. The maximum absolute atomic E-state index is 16.4. The van der Waals surface area contributed by atoms with Crippen LogP contribution < -0.4 is 11.2 Å². The van der Waals surface area contributed by atoms with Gasteiger partial charge < -0.3 is 13.6 Å². The minimum atomic E-state index is -2.45. The van der Waals surface area contributed by atoms with Crippen molar-refractivity contribution in [1.82, 2.24) is 9.13 Å². The highest BCUT2D eigenvalue weighted by Gasteiger charge is 2.60. The van der Waals surface area contributed by atoms with Gasteiger partial charge >= 0.3 is 5.69 Å². The fourth-order valence-electron chi connectivity index (χ4n) is 3.57. The minimum Gasteiger partial charge on any atom is -0.414 e. The number of rotatable bonds is 8. The highest BCUT2D eigenvalue weighted by atomic mass is 28.4. The maximum atomic E-state index is 16.4. The summed E-state index contributed by atoms with van der Waals surface area (Å²) in [5.74, 6) is 0. The van der Waals surface area contributed by atoms with Gasteiger partial charge in [-0.15, -0.1) is 6.58 Å². The zero-order chi connectivity index (χ0) is 27.2. The van der Waals surface area contributed by atoms with Crippen LogP contribution in [0.1, 0.15) is 54.2 Å². The smallest absolute Gasteiger partial charge is 0.332 e. The molecule has 1 unspecified atom stereocenters. The molecule has 0 radical (unpaired) electrons. The summed E-state index contributed by atoms with van der Waals surface area (Å²) in [7, 11) is -3.30. The van der Waals surface area contributed by atoms with Crippen LogP contribution in [0.15, 0.2) is 34.5 Å². The molecule has 2 rings (SSSR count). The van der Waals surface area contributed by atoms with E-state index in [4.69, 9.17) is 13.6 Å². The van der Waals surface area contributed by atoms with E-state index in [-0.39, 0.29) is 16.7 Å². The van der Waals surface area contributed by atoms with Gasteiger partial charge in [0.1, 0.15) is 11.7 Å². The summed E-state index contributed by atoms with van der Waals surface area (Å²) < 4.78 is 38.2. The van der Waals surface area contributed by atoms with Crippen LogP contribution in [-0.4, -0.2) is 50.3 Å². The van der Waals surface area contributed by atoms with Crippen molar-refractivity contribution in [1.29, 1.82) is 0 Å². The molecule has 0 amide bonds. The van der Waals surface area contributed by atoms with Crippen molar-refractivity contribution in [3.05, 3.63) is 45.8 Å². The summed E-state index contributed by atoms with van der Waals surface area (Å²) in [4.78, 5) is 24.8. The first kappa shape index (κ1) is 29.9. The van der Waals surface area contributed by atoms with Crippen LogP contribution in [0.5, 0.6) is 0 Å². The average molecular weight is 529 g/mol. The van der Waals surface area contributed by atoms with Crippen molar-refractivity contribution >= 4 is 16.6 Å². The molecule has 4 atom stereocenters. The lowest BCUT2D eigenvalue weighted by molar-refractivity contribution is -0.121. The van der Waals surface area contributed by atoms with Crippen molar-refractivity contribution in [3.8, 4) is 0 Å². The molecule has 0 spiro atoms. The van der Waals surface area contributed by atoms with Crippen LogP contribution in [0.2, 0.25) is 36.3 Å². The van der Waals surface area contributed by atoms with Gasteiger partial charge in [0.2, 0.25) is 0 Å². The predicted molar refractivity (Wildman–Crippen MR) is 144 cm³/mol. The number of halogens is 1. The van der Waals surface area contributed by atoms with Crippen molar-refractivity contribution in [2.75, 3.05) is 6.61 Å². The van der Waals surface area contributed by atoms with E-state index < -0.39 is 52.0 Å². The van der Waals surface area contributed by atoms with E-state index in [1.54, 1.807) is 6.08 Å². The van der Waals surface area contributed by atoms with Crippen LogP contribution in [0.3, 0.4) is 0 Å². The first-order chi connectivity index (χ1) is 15.7. The van der Waals surface area contributed by atoms with Gasteiger partial charge in [-0.05, 0) is 42.7 Å². The van der Waals surface area contributed by atoms with Gasteiger partial charge in [-0.25, -0.2) is 9.18 Å². The fourth-order valence-corrected chi connectivity index (χ4v) is 5.94. The monoisotopic (exact) mass is 528 g/mol. The Morgan fingerprint density at radius 1 is 1.11 bits per heavy atom. The lowest BCUT2D eigenvalue weighted by atomic mass is 9.93. The summed E-state index contributed by atoms with van der Waals surface area (Å²) in [6, 6.07) is 1.24. The van der Waals surface area contributed by atoms with Gasteiger partial charge in [0, 0.05) is 19.3 Å². The second-order valence-electron chi connectivity index (χ2n) is 12.8. The molecular weight excluding hydrogens is 483 g/mol. The zero-order valence-corrected chi connectivity index (χ0v) is 25.4. The van der Waals surface area contributed by atoms with Crippen LogP contribution >= 0.6 is 0 Å². The Hall–Kier alpha value is -1.34. The molecule has 0 aliphatic carbocycles. The lowest BCUT2D eigenvalue weighted by Gasteiger charge is -2.45. The van der Waals surface area contributed by atoms with Crippen molar-refractivity contribution < 1.29 is 18.0 Å². The molecule has 1 aromatic heterocycles. The van der Waals surface area contributed by atoms with Gasteiger partial charge in [0.15, 0.2) is 29.0 Å². The predicted octanol–water partition coefficient (Wildman–Crippen LogP) is 5.14. The van der Waals surface area contributed by atoms with Gasteiger partial charge in [0.25, 0.3) is 5.56 Å². The van der Waals surface area contributed by atoms with Crippen molar-refractivity contribution in [3.63, 3.8) is 0 Å². The van der Waals surface area contributed by atoms with E-state index >= 15 is 4.39 Å². The summed E-state index contributed by atoms with van der Waals surface area (Å²) in [6.45, 7) is 25.1. The SMILES string of the molecule is C=CC[C@]1(CO[Si](C)(C)C(C)(C)C)O[C@@H](n2ccc(=O)n(C)c2=O)[C@H](F)C1O[Si](C)(C)C(C)(C)C. The highest BCUT2D eigenvalue weighted by Crippen LogP contribution is 2.48. The molecule has 0 saturated carbocycles. The molecule has 1 aromatic rings. The van der Waals surface area contributed by atoms with E-state index in [1.165, 1.54) is 19.3 Å². The Morgan fingerprint density at radius 3 is 2.14 bits per heavy atom. The van der Waals surface area contributed by atoms with E-state index in [1.807, 2.05) is 0 Å². The highest BCUT2D eigenvalue weighted by molar-refractivity contribution is 6.74. The van der Waals surface area contributed by atoms with Gasteiger partial charge in [-0.1, -0.05) is 47.6 Å². The van der Waals surface area contributed by atoms with Gasteiger partial charge in [-0.2, -0.15) is 0 Å². The topological polar surface area (TPSA) is 71.7 Å². The number of hydrogen-bond donors (Lipinski definition) is 0. The maximum Gasteiger partial charge on any atom is 0.332 e. The average Bonchev–Trinajstić information content (AvgIpc) is 2.95. The molecule has 1 aliphatic rings. The van der Waals surface area contributed by atoms with Crippen LogP contribution in [0, 0.1) is 0 Å². The molecule has 10 heteroatoms. The van der Waals surface area contributed by atoms with Crippen molar-refractivity contribution in [2.45, 2.75) is 108 Å². The van der Waals surface area contributed by atoms with Gasteiger partial charge in [-0.3, -0.25) is 13.9 Å². The molecule has 0 N–H and O–H groups in total. The minimum absolute atomic E-state index is 0.0556. The third kappa shape index (κ3) is 5.82. The Balaban J connectivity index is 2.63. The molecule has 1 saturated heterocycles. The first-order valence-corrected chi connectivity index (χ1v) is 18.1. The largest absolute Gasteiger partial charge is 0.414 e. The van der Waals surface area contributed by atoms with Gasteiger partial charge in [0.05, 0.1) is 6.61 Å². The third-order valence-corrected chi connectivity index (χ3v) is 17.1. The number of ether oxygens (including phenoxy) is 1. The zero-order valence-electron chi connectivity index (χ0n) is 23.4. The van der Waals surface area contributed by atoms with Crippen LogP contribution in [-0.2, 0) is 20.6 Å². The number of aromatic nitrogens is 2. The summed E-state index contributed by atoms with van der Waals surface area (Å²) in [5, 5.41) is -0.224. The quantitative estimate of drug-likeness (QED) is 0.345. The molecule has 35 heavy (non-hydrogen) atoms. The number of hydrogen-bond acceptors (Lipinski definition) is 5. The number of nitrogens with zero attached hydrogens (tertiary/aromatic N) is 2. The molecule has 2 heterocycles. The standard InChI is InChI=1S/C25H45FN2O5Si2/c1-13-15-25(17-31-34(9,10)23(2,3)4)20(33-35(11,12)24(5,6)7)19(26)21(32-25)28-16-14-18(29)27(8)22(28)30/h13-14,16,19-21H,1,15,17H2,2-12H3/t19-,20?,21-,25-/m1/s1. The normalized spacial score (nSPS) is 26.2. The second kappa shape index (κ2) is 9.85. The Bertz CT molecular complexity index is 1040. The Labute approximate surface area is 211 Å². The van der Waals surface area contributed by atoms with E-state index in [0.717, 1.165) is 9.13 Å². The second-order valence-corrected chi connectivity index (χ2v) is 22.3. The van der Waals surface area contributed by atoms with E-state index in [9.17, 15) is 9.59 Å². The molecule has 0 bridgehead atoms. The fraction of sp³-hybridized carbons (Fsp3) is 0.760. The van der Waals surface area contributed by atoms with E-state index in [0.29, 0.717) is 6.42 Å². The molecule has 1 fully saturated rings. The number of alkyl halides is 1. The van der Waals surface area contributed by atoms with E-state index in [2.05, 4.69) is 74.3 Å². The van der Waals surface area contributed by atoms with Crippen LogP contribution in [0.4, 0.5) is 4.39 Å². The van der Waals surface area contributed by atoms with Crippen LogP contribution in [0.25, 0.3) is 0 Å². The summed E-state index contributed by atoms with van der Waals surface area (Å²) >= 11 is 0. The first-order valence-electron chi connectivity index (χ1n) is 12.2. The van der Waals surface area contributed by atoms with Crippen molar-refractivity contribution in [2.24, 2.45) is 7.05 Å². The third-order valence-electron chi connectivity index (χ3n) is 8.13. The molecule has 0 aromatic carbocycles. The summed E-state index contributed by atoms with van der Waals surface area (Å²) in [6.07, 6.45) is -0.604.